The van der Waals surface area contributed by atoms with Crippen molar-refractivity contribution in [2.24, 2.45) is 0 Å². The Hall–Kier alpha value is -2.52. The molecule has 7 nitrogen and oxygen atoms in total. The van der Waals surface area contributed by atoms with Crippen molar-refractivity contribution in [3.8, 4) is 17.1 Å². The number of thioether (sulfide) groups is 1. The number of nitrogens with zero attached hydrogens (tertiary/aromatic N) is 6. The Morgan fingerprint density at radius 2 is 2.09 bits per heavy atom. The molecule has 0 unspecified atom stereocenters. The van der Waals surface area contributed by atoms with Crippen LogP contribution in [0.3, 0.4) is 0 Å². The molecule has 0 radical (unpaired) electrons. The lowest BCUT2D eigenvalue weighted by atomic mass is 10.3. The maximum absolute atomic E-state index is 5.27. The summed E-state index contributed by atoms with van der Waals surface area (Å²) in [4.78, 5) is 4.38. The first-order valence-electron chi connectivity index (χ1n) is 6.72. The van der Waals surface area contributed by atoms with Crippen LogP contribution in [-0.4, -0.2) is 30.3 Å². The highest BCUT2D eigenvalue weighted by Gasteiger charge is 2.13. The van der Waals surface area contributed by atoms with Gasteiger partial charge in [-0.15, -0.1) is 5.10 Å². The zero-order chi connectivity index (χ0) is 15.5. The minimum Gasteiger partial charge on any atom is -0.334 e. The Bertz CT molecular complexity index is 887. The molecular formula is C14H10N6OS2. The van der Waals surface area contributed by atoms with Gasteiger partial charge in [0.1, 0.15) is 0 Å². The van der Waals surface area contributed by atoms with Gasteiger partial charge in [0.2, 0.25) is 5.16 Å². The van der Waals surface area contributed by atoms with E-state index in [-0.39, 0.29) is 0 Å². The molecule has 1 aromatic carbocycles. The average Bonchev–Trinajstić information content (AvgIpc) is 3.33. The highest BCUT2D eigenvalue weighted by Crippen LogP contribution is 2.24. The average molecular weight is 342 g/mol. The molecule has 0 spiro atoms. The van der Waals surface area contributed by atoms with Crippen LogP contribution in [0.25, 0.3) is 17.1 Å². The van der Waals surface area contributed by atoms with Crippen LogP contribution in [0.4, 0.5) is 0 Å². The molecule has 0 aliphatic heterocycles. The van der Waals surface area contributed by atoms with E-state index in [9.17, 15) is 0 Å². The normalized spacial score (nSPS) is 11.0. The van der Waals surface area contributed by atoms with Crippen molar-refractivity contribution in [3.63, 3.8) is 0 Å². The Morgan fingerprint density at radius 3 is 2.91 bits per heavy atom. The summed E-state index contributed by atoms with van der Waals surface area (Å²) in [6, 6.07) is 11.7. The highest BCUT2D eigenvalue weighted by molar-refractivity contribution is 7.98. The lowest BCUT2D eigenvalue weighted by Crippen LogP contribution is -1.98. The van der Waals surface area contributed by atoms with Gasteiger partial charge in [-0.05, 0) is 34.0 Å². The van der Waals surface area contributed by atoms with E-state index in [1.807, 2.05) is 47.2 Å². The van der Waals surface area contributed by atoms with E-state index in [4.69, 9.17) is 4.52 Å². The predicted octanol–water partition coefficient (Wildman–Crippen LogP) is 3.07. The number of aromatic nitrogens is 6. The Kier molecular flexibility index (Phi) is 3.86. The molecule has 23 heavy (non-hydrogen) atoms. The molecule has 0 aliphatic carbocycles. The molecular weight excluding hydrogens is 332 g/mol. The number of tetrazole rings is 1. The van der Waals surface area contributed by atoms with Gasteiger partial charge < -0.3 is 4.52 Å². The van der Waals surface area contributed by atoms with Gasteiger partial charge in [-0.2, -0.15) is 21.0 Å². The number of hydrogen-bond donors (Lipinski definition) is 0. The standard InChI is InChI=1S/C14H10N6OS2/c1-2-4-11(5-3-1)20-14(16-18-19-20)23-9-12-15-13(21-17-12)10-6-7-22-8-10/h1-8H,9H2. The van der Waals surface area contributed by atoms with Gasteiger partial charge in [-0.25, -0.2) is 0 Å². The molecule has 4 rings (SSSR count). The van der Waals surface area contributed by atoms with Gasteiger partial charge >= 0.3 is 0 Å². The van der Waals surface area contributed by atoms with Crippen LogP contribution in [0.5, 0.6) is 0 Å². The van der Waals surface area contributed by atoms with Crippen molar-refractivity contribution in [1.29, 1.82) is 0 Å². The highest BCUT2D eigenvalue weighted by atomic mass is 32.2. The van der Waals surface area contributed by atoms with Crippen LogP contribution in [0.1, 0.15) is 5.82 Å². The fourth-order valence-corrected chi connectivity index (χ4v) is 3.31. The van der Waals surface area contributed by atoms with Gasteiger partial charge in [0, 0.05) is 5.38 Å². The predicted molar refractivity (Wildman–Crippen MR) is 86.3 cm³/mol. The third kappa shape index (κ3) is 3.01. The first kappa shape index (κ1) is 14.1. The summed E-state index contributed by atoms with van der Waals surface area (Å²) in [5, 5.41) is 20.4. The molecule has 114 valence electrons. The van der Waals surface area contributed by atoms with Gasteiger partial charge in [-0.1, -0.05) is 35.1 Å². The Balaban J connectivity index is 1.49. The van der Waals surface area contributed by atoms with Crippen LogP contribution in [0.15, 0.2) is 56.8 Å². The number of rotatable bonds is 5. The molecule has 3 heterocycles. The van der Waals surface area contributed by atoms with E-state index in [1.165, 1.54) is 11.8 Å². The molecule has 9 heteroatoms. The molecule has 0 fully saturated rings. The maximum atomic E-state index is 5.27. The van der Waals surface area contributed by atoms with E-state index in [0.717, 1.165) is 11.3 Å². The third-order valence-electron chi connectivity index (χ3n) is 3.01. The summed E-state index contributed by atoms with van der Waals surface area (Å²) in [5.41, 5.74) is 1.85. The van der Waals surface area contributed by atoms with Crippen LogP contribution in [-0.2, 0) is 5.75 Å². The van der Waals surface area contributed by atoms with Crippen molar-refractivity contribution in [2.75, 3.05) is 0 Å². The van der Waals surface area contributed by atoms with E-state index in [0.29, 0.717) is 22.6 Å². The van der Waals surface area contributed by atoms with Crippen LogP contribution < -0.4 is 0 Å². The fraction of sp³-hybridized carbons (Fsp3) is 0.0714. The number of hydrogen-bond acceptors (Lipinski definition) is 8. The first-order valence-corrected chi connectivity index (χ1v) is 8.65. The molecule has 0 aliphatic rings. The zero-order valence-electron chi connectivity index (χ0n) is 11.7. The van der Waals surface area contributed by atoms with E-state index < -0.39 is 0 Å². The van der Waals surface area contributed by atoms with E-state index in [2.05, 4.69) is 25.7 Å². The molecule has 0 saturated heterocycles. The second kappa shape index (κ2) is 6.31. The molecule has 0 N–H and O–H groups in total. The molecule has 0 saturated carbocycles. The summed E-state index contributed by atoms with van der Waals surface area (Å²) in [7, 11) is 0. The monoisotopic (exact) mass is 342 g/mol. The first-order chi connectivity index (χ1) is 11.4. The second-order valence-corrected chi connectivity index (χ2v) is 6.25. The molecule has 0 amide bonds. The van der Waals surface area contributed by atoms with Crippen LogP contribution in [0, 0.1) is 0 Å². The van der Waals surface area contributed by atoms with Gasteiger partial charge in [0.05, 0.1) is 17.0 Å². The second-order valence-electron chi connectivity index (χ2n) is 4.53. The van der Waals surface area contributed by atoms with E-state index in [1.54, 1.807) is 16.0 Å². The van der Waals surface area contributed by atoms with Crippen molar-refractivity contribution in [3.05, 3.63) is 53.0 Å². The SMILES string of the molecule is c1ccc(-n2nnnc2SCc2noc(-c3ccsc3)n2)cc1. The minimum atomic E-state index is 0.529. The van der Waals surface area contributed by atoms with Crippen LogP contribution in [0.2, 0.25) is 0 Å². The number of benzene rings is 1. The summed E-state index contributed by atoms with van der Waals surface area (Å²) < 4.78 is 6.95. The van der Waals surface area contributed by atoms with Crippen molar-refractivity contribution in [1.82, 2.24) is 30.3 Å². The summed E-state index contributed by atoms with van der Waals surface area (Å²) in [6.45, 7) is 0. The topological polar surface area (TPSA) is 82.5 Å². The Labute approximate surface area is 139 Å². The number of para-hydroxylation sites is 1. The third-order valence-corrected chi connectivity index (χ3v) is 4.61. The molecule has 0 bridgehead atoms. The van der Waals surface area contributed by atoms with Crippen molar-refractivity contribution >= 4 is 23.1 Å². The maximum Gasteiger partial charge on any atom is 0.258 e. The summed E-state index contributed by atoms with van der Waals surface area (Å²) in [6.07, 6.45) is 0. The number of thiophene rings is 1. The van der Waals surface area contributed by atoms with Crippen molar-refractivity contribution < 1.29 is 4.52 Å². The molecule has 4 aromatic rings. The molecule has 0 atom stereocenters. The lowest BCUT2D eigenvalue weighted by molar-refractivity contribution is 0.425. The zero-order valence-corrected chi connectivity index (χ0v) is 13.4. The van der Waals surface area contributed by atoms with E-state index >= 15 is 0 Å². The minimum absolute atomic E-state index is 0.529. The molecule has 3 aromatic heterocycles. The summed E-state index contributed by atoms with van der Waals surface area (Å²) >= 11 is 3.05. The summed E-state index contributed by atoms with van der Waals surface area (Å²) in [5.74, 6) is 1.67. The van der Waals surface area contributed by atoms with Gasteiger partial charge in [-0.3, -0.25) is 0 Å². The lowest BCUT2D eigenvalue weighted by Gasteiger charge is -2.02. The smallest absolute Gasteiger partial charge is 0.258 e. The van der Waals surface area contributed by atoms with Crippen LogP contribution >= 0.6 is 23.1 Å². The largest absolute Gasteiger partial charge is 0.334 e. The van der Waals surface area contributed by atoms with Crippen molar-refractivity contribution in [2.45, 2.75) is 10.9 Å². The fourth-order valence-electron chi connectivity index (χ4n) is 1.95. The quantitative estimate of drug-likeness (QED) is 0.515. The van der Waals surface area contributed by atoms with Gasteiger partial charge in [0.25, 0.3) is 5.89 Å². The van der Waals surface area contributed by atoms with Gasteiger partial charge in [0.15, 0.2) is 5.82 Å². The Morgan fingerprint density at radius 1 is 1.17 bits per heavy atom.